The van der Waals surface area contributed by atoms with E-state index in [-0.39, 0.29) is 5.82 Å². The number of benzene rings is 2. The molecule has 0 radical (unpaired) electrons. The molecule has 0 fully saturated rings. The molecule has 0 bridgehead atoms. The summed E-state index contributed by atoms with van der Waals surface area (Å²) in [5.41, 5.74) is 1.64. The maximum absolute atomic E-state index is 13.1. The minimum atomic E-state index is -0.645. The van der Waals surface area contributed by atoms with E-state index in [0.29, 0.717) is 13.1 Å². The van der Waals surface area contributed by atoms with E-state index in [4.69, 9.17) is 0 Å². The Balaban J connectivity index is 2.20. The largest absolute Gasteiger partial charge is 0.338 e. The number of nitrogens with zero attached hydrogens (tertiary/aromatic N) is 1. The smallest absolute Gasteiger partial charge is 0.321 e. The van der Waals surface area contributed by atoms with Gasteiger partial charge in [-0.3, -0.25) is 15.0 Å². The summed E-state index contributed by atoms with van der Waals surface area (Å²) in [6.45, 7) is 2.64. The molecule has 3 amide bonds. The first-order valence-electron chi connectivity index (χ1n) is 8.09. The monoisotopic (exact) mass is 343 g/mol. The summed E-state index contributed by atoms with van der Waals surface area (Å²) in [7, 11) is 1.79. The van der Waals surface area contributed by atoms with E-state index in [2.05, 4.69) is 10.6 Å². The van der Waals surface area contributed by atoms with Gasteiger partial charge in [-0.05, 0) is 37.2 Å². The van der Waals surface area contributed by atoms with Gasteiger partial charge in [-0.15, -0.1) is 0 Å². The highest BCUT2D eigenvalue weighted by molar-refractivity contribution is 5.97. The highest BCUT2D eigenvalue weighted by Crippen LogP contribution is 2.21. The summed E-state index contributed by atoms with van der Waals surface area (Å²) in [5, 5.41) is 4.91. The Morgan fingerprint density at radius 1 is 1.08 bits per heavy atom. The molecular weight excluding hydrogens is 321 g/mol. The van der Waals surface area contributed by atoms with Gasteiger partial charge in [0.25, 0.3) is 0 Å². The normalized spacial score (nSPS) is 11.8. The second kappa shape index (κ2) is 8.94. The molecule has 0 saturated carbocycles. The molecule has 5 nitrogen and oxygen atoms in total. The minimum absolute atomic E-state index is 0.306. The van der Waals surface area contributed by atoms with Gasteiger partial charge in [0.15, 0.2) is 0 Å². The molecule has 1 unspecified atom stereocenters. The van der Waals surface area contributed by atoms with E-state index in [0.717, 1.165) is 11.1 Å². The molecule has 2 N–H and O–H groups in total. The molecule has 0 aliphatic rings. The van der Waals surface area contributed by atoms with E-state index in [1.54, 1.807) is 26.1 Å². The van der Waals surface area contributed by atoms with Gasteiger partial charge in [-0.1, -0.05) is 42.5 Å². The highest BCUT2D eigenvalue weighted by atomic mass is 19.1. The van der Waals surface area contributed by atoms with Gasteiger partial charge in [0.05, 0.1) is 0 Å². The SMILES string of the molecule is CCNC(=O)NC(=O)C(c1ccccc1)N(C)Cc1ccc(F)cc1. The van der Waals surface area contributed by atoms with E-state index in [9.17, 15) is 14.0 Å². The molecule has 132 valence electrons. The quantitative estimate of drug-likeness (QED) is 0.848. The molecule has 2 rings (SSSR count). The molecule has 2 aromatic carbocycles. The lowest BCUT2D eigenvalue weighted by Gasteiger charge is -2.27. The van der Waals surface area contributed by atoms with Crippen molar-refractivity contribution in [2.24, 2.45) is 0 Å². The van der Waals surface area contributed by atoms with Gasteiger partial charge >= 0.3 is 6.03 Å². The fraction of sp³-hybridized carbons (Fsp3) is 0.263. The Hall–Kier alpha value is -2.73. The number of carbonyl (C=O) groups excluding carboxylic acids is 2. The van der Waals surface area contributed by atoms with Crippen molar-refractivity contribution in [1.82, 2.24) is 15.5 Å². The molecule has 2 aromatic rings. The van der Waals surface area contributed by atoms with Crippen LogP contribution < -0.4 is 10.6 Å². The van der Waals surface area contributed by atoms with Crippen molar-refractivity contribution in [2.45, 2.75) is 19.5 Å². The third kappa shape index (κ3) is 5.39. The Morgan fingerprint density at radius 2 is 1.72 bits per heavy atom. The van der Waals surface area contributed by atoms with Crippen LogP contribution in [0.2, 0.25) is 0 Å². The summed E-state index contributed by atoms with van der Waals surface area (Å²) in [4.78, 5) is 26.2. The summed E-state index contributed by atoms with van der Waals surface area (Å²) in [6, 6.07) is 14.2. The van der Waals surface area contributed by atoms with Crippen LogP contribution in [0.4, 0.5) is 9.18 Å². The first kappa shape index (κ1) is 18.6. The van der Waals surface area contributed by atoms with Crippen LogP contribution in [0.5, 0.6) is 0 Å². The van der Waals surface area contributed by atoms with E-state index in [1.807, 2.05) is 35.2 Å². The van der Waals surface area contributed by atoms with Crippen LogP contribution in [-0.4, -0.2) is 30.4 Å². The number of hydrogen-bond acceptors (Lipinski definition) is 3. The van der Waals surface area contributed by atoms with Crippen molar-refractivity contribution in [3.8, 4) is 0 Å². The van der Waals surface area contributed by atoms with Crippen molar-refractivity contribution in [3.63, 3.8) is 0 Å². The zero-order valence-corrected chi connectivity index (χ0v) is 14.3. The first-order chi connectivity index (χ1) is 12.0. The highest BCUT2D eigenvalue weighted by Gasteiger charge is 2.26. The van der Waals surface area contributed by atoms with Crippen LogP contribution in [0.15, 0.2) is 54.6 Å². The van der Waals surface area contributed by atoms with Crippen LogP contribution >= 0.6 is 0 Å². The fourth-order valence-electron chi connectivity index (χ4n) is 2.60. The summed E-state index contributed by atoms with van der Waals surface area (Å²) in [6.07, 6.45) is 0. The molecule has 0 saturated heterocycles. The number of carbonyl (C=O) groups is 2. The summed E-state index contributed by atoms with van der Waals surface area (Å²) in [5.74, 6) is -0.721. The number of amides is 3. The van der Waals surface area contributed by atoms with Crippen molar-refractivity contribution in [1.29, 1.82) is 0 Å². The van der Waals surface area contributed by atoms with Crippen molar-refractivity contribution in [3.05, 3.63) is 71.5 Å². The number of nitrogens with one attached hydrogen (secondary N) is 2. The predicted octanol–water partition coefficient (Wildman–Crippen LogP) is 2.84. The number of urea groups is 1. The summed E-state index contributed by atoms with van der Waals surface area (Å²) < 4.78 is 13.1. The Morgan fingerprint density at radius 3 is 2.32 bits per heavy atom. The number of rotatable bonds is 6. The maximum atomic E-state index is 13.1. The van der Waals surface area contributed by atoms with Gasteiger partial charge in [-0.2, -0.15) is 0 Å². The maximum Gasteiger partial charge on any atom is 0.321 e. The van der Waals surface area contributed by atoms with Crippen LogP contribution in [0.1, 0.15) is 24.1 Å². The molecule has 6 heteroatoms. The zero-order valence-electron chi connectivity index (χ0n) is 14.3. The third-order valence-corrected chi connectivity index (χ3v) is 3.72. The van der Waals surface area contributed by atoms with Crippen LogP contribution in [0, 0.1) is 5.82 Å². The van der Waals surface area contributed by atoms with Crippen molar-refractivity contribution < 1.29 is 14.0 Å². The molecule has 0 aromatic heterocycles. The van der Waals surface area contributed by atoms with Crippen LogP contribution in [0.3, 0.4) is 0 Å². The van der Waals surface area contributed by atoms with Gasteiger partial charge in [0.2, 0.25) is 5.91 Å². The second-order valence-electron chi connectivity index (χ2n) is 5.70. The molecule has 0 aliphatic carbocycles. The molecule has 0 spiro atoms. The van der Waals surface area contributed by atoms with E-state index in [1.165, 1.54) is 12.1 Å². The van der Waals surface area contributed by atoms with Gasteiger partial charge in [0, 0.05) is 13.1 Å². The lowest BCUT2D eigenvalue weighted by molar-refractivity contribution is -0.125. The molecular formula is C19H22FN3O2. The van der Waals surface area contributed by atoms with E-state index < -0.39 is 18.0 Å². The molecule has 0 aliphatic heterocycles. The molecule has 0 heterocycles. The Kier molecular flexibility index (Phi) is 6.65. The van der Waals surface area contributed by atoms with Gasteiger partial charge in [0.1, 0.15) is 11.9 Å². The predicted molar refractivity (Wildman–Crippen MR) is 94.3 cm³/mol. The van der Waals surface area contributed by atoms with Crippen LogP contribution in [-0.2, 0) is 11.3 Å². The average molecular weight is 343 g/mol. The lowest BCUT2D eigenvalue weighted by atomic mass is 10.0. The van der Waals surface area contributed by atoms with Gasteiger partial charge in [-0.25, -0.2) is 9.18 Å². The summed E-state index contributed by atoms with van der Waals surface area (Å²) >= 11 is 0. The number of imide groups is 1. The average Bonchev–Trinajstić information content (AvgIpc) is 2.58. The second-order valence-corrected chi connectivity index (χ2v) is 5.70. The number of hydrogen-bond donors (Lipinski definition) is 2. The van der Waals surface area contributed by atoms with Gasteiger partial charge < -0.3 is 5.32 Å². The zero-order chi connectivity index (χ0) is 18.2. The number of likely N-dealkylation sites (N-methyl/N-ethyl adjacent to an activating group) is 1. The minimum Gasteiger partial charge on any atom is -0.338 e. The lowest BCUT2D eigenvalue weighted by Crippen LogP contribution is -2.45. The van der Waals surface area contributed by atoms with E-state index >= 15 is 0 Å². The first-order valence-corrected chi connectivity index (χ1v) is 8.09. The van der Waals surface area contributed by atoms with Crippen molar-refractivity contribution >= 4 is 11.9 Å². The fourth-order valence-corrected chi connectivity index (χ4v) is 2.60. The molecule has 1 atom stereocenters. The third-order valence-electron chi connectivity index (χ3n) is 3.72. The van der Waals surface area contributed by atoms with Crippen LogP contribution in [0.25, 0.3) is 0 Å². The van der Waals surface area contributed by atoms with Crippen molar-refractivity contribution in [2.75, 3.05) is 13.6 Å². The standard InChI is InChI=1S/C19H22FN3O2/c1-3-21-19(25)22-18(24)17(15-7-5-4-6-8-15)23(2)13-14-9-11-16(20)12-10-14/h4-12,17H,3,13H2,1-2H3,(H2,21,22,24,25). The topological polar surface area (TPSA) is 61.4 Å². The Labute approximate surface area is 146 Å². The molecule has 25 heavy (non-hydrogen) atoms. The number of halogens is 1. The Bertz CT molecular complexity index is 704.